The van der Waals surface area contributed by atoms with Crippen LogP contribution in [0.4, 0.5) is 17.5 Å². The first-order valence-electron chi connectivity index (χ1n) is 11.2. The van der Waals surface area contributed by atoms with Crippen LogP contribution in [0.5, 0.6) is 0 Å². The van der Waals surface area contributed by atoms with Crippen molar-refractivity contribution in [1.29, 1.82) is 0 Å². The summed E-state index contributed by atoms with van der Waals surface area (Å²) in [6.07, 6.45) is 12.0. The highest BCUT2D eigenvalue weighted by Gasteiger charge is 2.47. The van der Waals surface area contributed by atoms with E-state index in [1.54, 1.807) is 13.1 Å². The molecule has 0 unspecified atom stereocenters. The molecule has 10 nitrogen and oxygen atoms in total. The first-order valence-corrected chi connectivity index (χ1v) is 11.6. The van der Waals surface area contributed by atoms with E-state index in [-0.39, 0.29) is 41.7 Å². The Morgan fingerprint density at radius 3 is 2.67 bits per heavy atom. The minimum Gasteiger partial charge on any atom is -0.369 e. The largest absolute Gasteiger partial charge is 0.369 e. The van der Waals surface area contributed by atoms with Gasteiger partial charge in [-0.3, -0.25) is 14.3 Å². The summed E-state index contributed by atoms with van der Waals surface area (Å²) in [6, 6.07) is 0.109. The van der Waals surface area contributed by atoms with E-state index in [9.17, 15) is 9.59 Å². The van der Waals surface area contributed by atoms with E-state index < -0.39 is 0 Å². The number of rotatable bonds is 6. The van der Waals surface area contributed by atoms with Crippen molar-refractivity contribution in [2.45, 2.75) is 38.3 Å². The van der Waals surface area contributed by atoms with Crippen LogP contribution in [-0.4, -0.2) is 55.6 Å². The van der Waals surface area contributed by atoms with Crippen molar-refractivity contribution in [3.63, 3.8) is 0 Å². The van der Waals surface area contributed by atoms with Gasteiger partial charge in [-0.15, -0.1) is 0 Å². The molecule has 4 N–H and O–H groups in total. The molecule has 1 aliphatic heterocycles. The van der Waals surface area contributed by atoms with E-state index in [4.69, 9.17) is 17.3 Å². The molecule has 33 heavy (non-hydrogen) atoms. The SMILES string of the molecule is CC(=O)N1CCC(n2cc(Nc3ncc(Cl)c(N[C@H]4[C@@H](C(N)=O)[C@H]5C=C[C@H]4C5)n3)cn2)CC1. The Bertz CT molecular complexity index is 1090. The van der Waals surface area contributed by atoms with Crippen molar-refractivity contribution in [2.24, 2.45) is 23.5 Å². The molecule has 4 atom stereocenters. The first kappa shape index (κ1) is 21.7. The Hall–Kier alpha value is -3.14. The number of hydrogen-bond acceptors (Lipinski definition) is 7. The van der Waals surface area contributed by atoms with Gasteiger partial charge < -0.3 is 21.3 Å². The number of primary amides is 1. The van der Waals surface area contributed by atoms with Gasteiger partial charge in [-0.2, -0.15) is 10.1 Å². The molecule has 3 aliphatic rings. The standard InChI is InChI=1S/C22H27ClN8O2/c1-12(32)30-6-4-16(5-7-30)31-11-15(9-26-31)27-22-25-10-17(23)21(29-22)28-19-14-3-2-13(8-14)18(19)20(24)33/h2-3,9-11,13-14,16,18-19H,4-8H2,1H3,(H2,24,33)(H2,25,27,28,29)/t13-,14-,18-,19+/m0/s1. The van der Waals surface area contributed by atoms with E-state index in [0.717, 1.165) is 38.0 Å². The summed E-state index contributed by atoms with van der Waals surface area (Å²) in [5.41, 5.74) is 6.42. The number of allylic oxidation sites excluding steroid dienone is 1. The third-order valence-electron chi connectivity index (χ3n) is 6.98. The summed E-state index contributed by atoms with van der Waals surface area (Å²) < 4.78 is 1.92. The number of nitrogens with zero attached hydrogens (tertiary/aromatic N) is 5. The molecule has 0 radical (unpaired) electrons. The van der Waals surface area contributed by atoms with Gasteiger partial charge in [0.25, 0.3) is 0 Å². The van der Waals surface area contributed by atoms with E-state index in [1.807, 2.05) is 15.8 Å². The third kappa shape index (κ3) is 4.27. The van der Waals surface area contributed by atoms with Gasteiger partial charge in [0.15, 0.2) is 5.82 Å². The van der Waals surface area contributed by atoms with Gasteiger partial charge in [-0.1, -0.05) is 23.8 Å². The van der Waals surface area contributed by atoms with Crippen molar-refractivity contribution in [3.05, 3.63) is 35.8 Å². The molecule has 2 bridgehead atoms. The van der Waals surface area contributed by atoms with Gasteiger partial charge in [0.2, 0.25) is 17.8 Å². The number of nitrogens with one attached hydrogen (secondary N) is 2. The summed E-state index contributed by atoms with van der Waals surface area (Å²) in [4.78, 5) is 34.2. The molecule has 174 valence electrons. The molecular formula is C22H27ClN8O2. The Labute approximate surface area is 196 Å². The maximum absolute atomic E-state index is 12.0. The van der Waals surface area contributed by atoms with Crippen LogP contribution in [0, 0.1) is 17.8 Å². The highest BCUT2D eigenvalue weighted by molar-refractivity contribution is 6.32. The van der Waals surface area contributed by atoms with Crippen LogP contribution in [0.2, 0.25) is 5.02 Å². The number of aromatic nitrogens is 4. The summed E-state index contributed by atoms with van der Waals surface area (Å²) in [6.45, 7) is 3.08. The molecule has 2 fully saturated rings. The summed E-state index contributed by atoms with van der Waals surface area (Å²) >= 11 is 6.35. The van der Waals surface area contributed by atoms with Gasteiger partial charge in [0.1, 0.15) is 5.02 Å². The normalized spacial score (nSPS) is 26.5. The maximum Gasteiger partial charge on any atom is 0.229 e. The average Bonchev–Trinajstić information content (AvgIpc) is 3.52. The number of anilines is 3. The van der Waals surface area contributed by atoms with Crippen LogP contribution in [0.15, 0.2) is 30.7 Å². The lowest BCUT2D eigenvalue weighted by Gasteiger charge is -2.31. The topological polar surface area (TPSA) is 131 Å². The van der Waals surface area contributed by atoms with E-state index in [1.165, 1.54) is 6.20 Å². The van der Waals surface area contributed by atoms with E-state index >= 15 is 0 Å². The lowest BCUT2D eigenvalue weighted by molar-refractivity contribution is -0.130. The number of halogens is 1. The molecule has 2 aliphatic carbocycles. The van der Waals surface area contributed by atoms with Crippen LogP contribution in [0.25, 0.3) is 0 Å². The number of carbonyl (C=O) groups is 2. The average molecular weight is 471 g/mol. The fourth-order valence-electron chi connectivity index (χ4n) is 5.27. The first-order chi connectivity index (χ1) is 15.9. The van der Waals surface area contributed by atoms with E-state index in [0.29, 0.717) is 16.8 Å². The molecule has 1 saturated carbocycles. The molecule has 2 aromatic rings. The lowest BCUT2D eigenvalue weighted by Crippen LogP contribution is -2.41. The highest BCUT2D eigenvalue weighted by Crippen LogP contribution is 2.45. The fraction of sp³-hybridized carbons (Fsp3) is 0.500. The van der Waals surface area contributed by atoms with Crippen molar-refractivity contribution >= 4 is 40.9 Å². The van der Waals surface area contributed by atoms with Crippen LogP contribution in [0.1, 0.15) is 32.2 Å². The fourth-order valence-corrected chi connectivity index (χ4v) is 5.42. The van der Waals surface area contributed by atoms with Gasteiger partial charge in [0.05, 0.1) is 30.0 Å². The Morgan fingerprint density at radius 1 is 1.18 bits per heavy atom. The van der Waals surface area contributed by atoms with Crippen LogP contribution in [0.3, 0.4) is 0 Å². The number of piperidine rings is 1. The van der Waals surface area contributed by atoms with E-state index in [2.05, 4.69) is 37.9 Å². The van der Waals surface area contributed by atoms with Crippen molar-refractivity contribution in [2.75, 3.05) is 23.7 Å². The number of fused-ring (bicyclic) bond motifs is 2. The monoisotopic (exact) mass is 470 g/mol. The summed E-state index contributed by atoms with van der Waals surface area (Å²) in [5, 5.41) is 11.4. The number of likely N-dealkylation sites (tertiary alicyclic amines) is 1. The smallest absolute Gasteiger partial charge is 0.229 e. The predicted molar refractivity (Wildman–Crippen MR) is 124 cm³/mol. The zero-order valence-electron chi connectivity index (χ0n) is 18.3. The second-order valence-electron chi connectivity index (χ2n) is 9.01. The Balaban J connectivity index is 1.26. The Morgan fingerprint density at radius 2 is 1.94 bits per heavy atom. The molecule has 11 heteroatoms. The van der Waals surface area contributed by atoms with Crippen LogP contribution >= 0.6 is 11.6 Å². The minimum atomic E-state index is -0.311. The summed E-state index contributed by atoms with van der Waals surface area (Å²) in [7, 11) is 0. The Kier molecular flexibility index (Phi) is 5.69. The van der Waals surface area contributed by atoms with Gasteiger partial charge in [-0.25, -0.2) is 4.98 Å². The maximum atomic E-state index is 12.0. The second-order valence-corrected chi connectivity index (χ2v) is 9.42. The number of hydrogen-bond donors (Lipinski definition) is 3. The number of nitrogens with two attached hydrogens (primary N) is 1. The second kappa shape index (κ2) is 8.66. The van der Waals surface area contributed by atoms with Crippen molar-refractivity contribution < 1.29 is 9.59 Å². The molecule has 0 spiro atoms. The van der Waals surface area contributed by atoms with Crippen molar-refractivity contribution in [3.8, 4) is 0 Å². The molecular weight excluding hydrogens is 444 g/mol. The predicted octanol–water partition coefficient (Wildman–Crippen LogP) is 2.34. The third-order valence-corrected chi connectivity index (χ3v) is 7.25. The summed E-state index contributed by atoms with van der Waals surface area (Å²) in [5.74, 6) is 0.755. The molecule has 1 saturated heterocycles. The molecule has 0 aromatic carbocycles. The van der Waals surface area contributed by atoms with Crippen molar-refractivity contribution in [1.82, 2.24) is 24.6 Å². The zero-order valence-corrected chi connectivity index (χ0v) is 19.1. The molecule has 5 rings (SSSR count). The number of carbonyl (C=O) groups excluding carboxylic acids is 2. The molecule has 2 amide bonds. The number of amides is 2. The van der Waals surface area contributed by atoms with Gasteiger partial charge >= 0.3 is 0 Å². The zero-order chi connectivity index (χ0) is 23.1. The lowest BCUT2D eigenvalue weighted by atomic mass is 9.88. The van der Waals surface area contributed by atoms with Gasteiger partial charge in [0, 0.05) is 32.3 Å². The van der Waals surface area contributed by atoms with Crippen LogP contribution in [-0.2, 0) is 9.59 Å². The molecule has 2 aromatic heterocycles. The minimum absolute atomic E-state index is 0.115. The highest BCUT2D eigenvalue weighted by atomic mass is 35.5. The quantitative estimate of drug-likeness (QED) is 0.552. The van der Waals surface area contributed by atoms with Crippen LogP contribution < -0.4 is 16.4 Å². The molecule has 3 heterocycles. The van der Waals surface area contributed by atoms with Gasteiger partial charge in [-0.05, 0) is 31.1 Å².